The number of rotatable bonds is 6. The van der Waals surface area contributed by atoms with Crippen molar-refractivity contribution in [2.75, 3.05) is 26.1 Å². The number of aromatic nitrogens is 2. The highest BCUT2D eigenvalue weighted by atomic mass is 32.2. The smallest absolute Gasteiger partial charge is 0.340 e. The van der Waals surface area contributed by atoms with Gasteiger partial charge in [0.05, 0.1) is 32.6 Å². The van der Waals surface area contributed by atoms with Crippen LogP contribution in [0.1, 0.15) is 16.1 Å². The standard InChI is InChI=1S/C15H17N3O8S/c1-7-12(13(19)17-15(21)16-7)27(22,23)18-9-6-11(25-3)10(24-2)5-8(9)14(20)26-4/h5-6,18H,1-4H3,(H2,16,17,19,21). The summed E-state index contributed by atoms with van der Waals surface area (Å²) >= 11 is 0. The number of hydrogen-bond acceptors (Lipinski definition) is 8. The quantitative estimate of drug-likeness (QED) is 0.572. The number of H-pyrrole nitrogens is 2. The van der Waals surface area contributed by atoms with E-state index in [0.717, 1.165) is 7.11 Å². The monoisotopic (exact) mass is 399 g/mol. The second kappa shape index (κ2) is 7.53. The van der Waals surface area contributed by atoms with Gasteiger partial charge in [-0.15, -0.1) is 0 Å². The number of ether oxygens (including phenoxy) is 3. The number of nitrogens with one attached hydrogen (secondary N) is 3. The number of hydrogen-bond donors (Lipinski definition) is 3. The van der Waals surface area contributed by atoms with Crippen molar-refractivity contribution in [1.29, 1.82) is 0 Å². The maximum absolute atomic E-state index is 12.7. The summed E-state index contributed by atoms with van der Waals surface area (Å²) in [6.45, 7) is 1.25. The zero-order valence-corrected chi connectivity index (χ0v) is 15.6. The molecule has 1 heterocycles. The zero-order chi connectivity index (χ0) is 20.4. The molecule has 0 radical (unpaired) electrons. The fourth-order valence-electron chi connectivity index (χ4n) is 2.35. The number of sulfonamides is 1. The molecule has 2 rings (SSSR count). The third kappa shape index (κ3) is 3.95. The van der Waals surface area contributed by atoms with Crippen molar-refractivity contribution < 1.29 is 27.4 Å². The highest BCUT2D eigenvalue weighted by Crippen LogP contribution is 2.34. The number of benzene rings is 1. The van der Waals surface area contributed by atoms with Crippen LogP contribution in [0.25, 0.3) is 0 Å². The van der Waals surface area contributed by atoms with E-state index in [1.807, 2.05) is 4.98 Å². The third-order valence-corrected chi connectivity index (χ3v) is 5.03. The summed E-state index contributed by atoms with van der Waals surface area (Å²) in [6, 6.07) is 2.43. The molecule has 0 saturated heterocycles. The van der Waals surface area contributed by atoms with Gasteiger partial charge in [-0.3, -0.25) is 14.5 Å². The number of aromatic amines is 2. The molecular formula is C15H17N3O8S. The Morgan fingerprint density at radius 3 is 2.15 bits per heavy atom. The Hall–Kier alpha value is -3.28. The lowest BCUT2D eigenvalue weighted by Gasteiger charge is -2.15. The molecule has 0 bridgehead atoms. The van der Waals surface area contributed by atoms with Gasteiger partial charge in [-0.2, -0.15) is 0 Å². The Balaban J connectivity index is 2.67. The van der Waals surface area contributed by atoms with Gasteiger partial charge < -0.3 is 19.2 Å². The lowest BCUT2D eigenvalue weighted by Crippen LogP contribution is -2.31. The van der Waals surface area contributed by atoms with Gasteiger partial charge in [0.25, 0.3) is 15.6 Å². The maximum atomic E-state index is 12.7. The SMILES string of the molecule is COC(=O)c1cc(OC)c(OC)cc1NS(=O)(=O)c1c(C)[nH]c(=O)[nH]c1=O. The molecule has 146 valence electrons. The molecule has 0 aliphatic rings. The van der Waals surface area contributed by atoms with Gasteiger partial charge in [0.2, 0.25) is 0 Å². The molecule has 0 aliphatic heterocycles. The number of methoxy groups -OCH3 is 3. The first-order valence-corrected chi connectivity index (χ1v) is 8.83. The summed E-state index contributed by atoms with van der Waals surface area (Å²) in [5.41, 5.74) is -2.50. The highest BCUT2D eigenvalue weighted by Gasteiger charge is 2.26. The number of esters is 1. The van der Waals surface area contributed by atoms with Gasteiger partial charge in [0.1, 0.15) is 0 Å². The molecule has 0 saturated carbocycles. The van der Waals surface area contributed by atoms with Crippen LogP contribution >= 0.6 is 0 Å². The third-order valence-electron chi connectivity index (χ3n) is 3.52. The Bertz CT molecular complexity index is 1100. The summed E-state index contributed by atoms with van der Waals surface area (Å²) in [7, 11) is -0.686. The van der Waals surface area contributed by atoms with E-state index in [-0.39, 0.29) is 28.4 Å². The van der Waals surface area contributed by atoms with E-state index in [2.05, 4.69) is 14.4 Å². The molecule has 1 aromatic heterocycles. The van der Waals surface area contributed by atoms with Crippen molar-refractivity contribution in [2.45, 2.75) is 11.8 Å². The zero-order valence-electron chi connectivity index (χ0n) is 14.8. The van der Waals surface area contributed by atoms with Gasteiger partial charge in [0, 0.05) is 17.8 Å². The van der Waals surface area contributed by atoms with Crippen molar-refractivity contribution in [1.82, 2.24) is 9.97 Å². The van der Waals surface area contributed by atoms with Crippen LogP contribution in [0.3, 0.4) is 0 Å². The molecule has 2 aromatic rings. The Morgan fingerprint density at radius 2 is 1.63 bits per heavy atom. The van der Waals surface area contributed by atoms with Gasteiger partial charge >= 0.3 is 11.7 Å². The summed E-state index contributed by atoms with van der Waals surface area (Å²) in [6.07, 6.45) is 0. The van der Waals surface area contributed by atoms with E-state index in [1.54, 1.807) is 0 Å². The van der Waals surface area contributed by atoms with E-state index in [4.69, 9.17) is 9.47 Å². The fraction of sp³-hybridized carbons (Fsp3) is 0.267. The minimum absolute atomic E-state index is 0.134. The van der Waals surface area contributed by atoms with Gasteiger partial charge in [-0.25, -0.2) is 18.0 Å². The first-order valence-electron chi connectivity index (χ1n) is 7.35. The van der Waals surface area contributed by atoms with E-state index in [9.17, 15) is 22.8 Å². The molecule has 27 heavy (non-hydrogen) atoms. The van der Waals surface area contributed by atoms with Crippen molar-refractivity contribution in [3.05, 3.63) is 44.2 Å². The van der Waals surface area contributed by atoms with Crippen LogP contribution in [0.4, 0.5) is 5.69 Å². The Morgan fingerprint density at radius 1 is 1.04 bits per heavy atom. The summed E-state index contributed by atoms with van der Waals surface area (Å²) in [5, 5.41) is 0. The van der Waals surface area contributed by atoms with E-state index >= 15 is 0 Å². The molecule has 0 spiro atoms. The van der Waals surface area contributed by atoms with Crippen molar-refractivity contribution in [3.8, 4) is 11.5 Å². The molecule has 0 amide bonds. The largest absolute Gasteiger partial charge is 0.493 e. The van der Waals surface area contributed by atoms with Crippen LogP contribution in [-0.2, 0) is 14.8 Å². The average Bonchev–Trinajstić information content (AvgIpc) is 2.58. The van der Waals surface area contributed by atoms with Crippen molar-refractivity contribution in [3.63, 3.8) is 0 Å². The van der Waals surface area contributed by atoms with Crippen LogP contribution in [0.5, 0.6) is 11.5 Å². The fourth-order valence-corrected chi connectivity index (χ4v) is 3.66. The molecule has 0 fully saturated rings. The summed E-state index contributed by atoms with van der Waals surface area (Å²) in [4.78, 5) is 38.6. The predicted molar refractivity (Wildman–Crippen MR) is 94.1 cm³/mol. The molecule has 3 N–H and O–H groups in total. The van der Waals surface area contributed by atoms with Crippen LogP contribution in [-0.4, -0.2) is 45.7 Å². The summed E-state index contributed by atoms with van der Waals surface area (Å²) < 4.78 is 42.4. The van der Waals surface area contributed by atoms with E-state index in [1.165, 1.54) is 33.3 Å². The Kier molecular flexibility index (Phi) is 5.59. The molecule has 0 aliphatic carbocycles. The highest BCUT2D eigenvalue weighted by molar-refractivity contribution is 7.92. The minimum Gasteiger partial charge on any atom is -0.493 e. The van der Waals surface area contributed by atoms with Gasteiger partial charge in [-0.05, 0) is 6.92 Å². The first kappa shape index (κ1) is 20.0. The van der Waals surface area contributed by atoms with E-state index < -0.39 is 32.1 Å². The maximum Gasteiger partial charge on any atom is 0.340 e. The molecular weight excluding hydrogens is 382 g/mol. The molecule has 11 nitrogen and oxygen atoms in total. The van der Waals surface area contributed by atoms with Crippen LogP contribution in [0, 0.1) is 6.92 Å². The summed E-state index contributed by atoms with van der Waals surface area (Å²) in [5.74, 6) is -0.547. The van der Waals surface area contributed by atoms with Crippen LogP contribution in [0.15, 0.2) is 26.6 Å². The lowest BCUT2D eigenvalue weighted by molar-refractivity contribution is 0.0601. The topological polar surface area (TPSA) is 157 Å². The molecule has 0 unspecified atom stereocenters. The average molecular weight is 399 g/mol. The van der Waals surface area contributed by atoms with E-state index in [0.29, 0.717) is 0 Å². The minimum atomic E-state index is -4.47. The second-order valence-electron chi connectivity index (χ2n) is 5.21. The Labute approximate surface area is 153 Å². The van der Waals surface area contributed by atoms with Crippen molar-refractivity contribution in [2.24, 2.45) is 0 Å². The lowest BCUT2D eigenvalue weighted by atomic mass is 10.1. The predicted octanol–water partition coefficient (Wildman–Crippen LogP) is -0.0238. The molecule has 0 atom stereocenters. The van der Waals surface area contributed by atoms with Crippen molar-refractivity contribution >= 4 is 21.7 Å². The van der Waals surface area contributed by atoms with Gasteiger partial charge in [0.15, 0.2) is 16.4 Å². The first-order chi connectivity index (χ1) is 12.6. The second-order valence-corrected chi connectivity index (χ2v) is 6.83. The number of carbonyl (C=O) groups is 1. The molecule has 12 heteroatoms. The van der Waals surface area contributed by atoms with Crippen LogP contribution < -0.4 is 25.4 Å². The number of aryl methyl sites for hydroxylation is 1. The normalized spacial score (nSPS) is 11.0. The number of anilines is 1. The van der Waals surface area contributed by atoms with Crippen LogP contribution in [0.2, 0.25) is 0 Å². The number of carbonyl (C=O) groups excluding carboxylic acids is 1. The van der Waals surface area contributed by atoms with Gasteiger partial charge in [-0.1, -0.05) is 0 Å². The molecule has 1 aromatic carbocycles.